The Kier molecular flexibility index (Phi) is 7.15. The van der Waals surface area contributed by atoms with E-state index >= 15 is 0 Å². The number of thiophene rings is 1. The fourth-order valence-corrected chi connectivity index (χ4v) is 7.87. The number of fused-ring (bicyclic) bond motifs is 3. The van der Waals surface area contributed by atoms with Gasteiger partial charge in [-0.2, -0.15) is 0 Å². The van der Waals surface area contributed by atoms with Gasteiger partial charge in [-0.25, -0.2) is 4.79 Å². The van der Waals surface area contributed by atoms with Gasteiger partial charge in [0.05, 0.1) is 25.7 Å². The van der Waals surface area contributed by atoms with Crippen molar-refractivity contribution in [2.45, 2.75) is 75.6 Å². The molecular formula is C26H41N2O4S+. The van der Waals surface area contributed by atoms with E-state index < -0.39 is 11.6 Å². The summed E-state index contributed by atoms with van der Waals surface area (Å²) in [6.07, 6.45) is 8.94. The number of piperidine rings is 4. The first-order valence-electron chi connectivity index (χ1n) is 13.2. The van der Waals surface area contributed by atoms with Crippen LogP contribution in [0, 0.1) is 11.8 Å². The van der Waals surface area contributed by atoms with Gasteiger partial charge in [0, 0.05) is 55.6 Å². The molecule has 2 N–H and O–H groups in total. The van der Waals surface area contributed by atoms with Crippen LogP contribution in [0.5, 0.6) is 0 Å². The maximum Gasteiger partial charge on any atom is 0.344 e. The molecular weight excluding hydrogens is 436 g/mol. The van der Waals surface area contributed by atoms with Crippen LogP contribution in [0.25, 0.3) is 0 Å². The summed E-state index contributed by atoms with van der Waals surface area (Å²) in [7, 11) is 0. The first-order chi connectivity index (χ1) is 16.0. The van der Waals surface area contributed by atoms with Gasteiger partial charge in [0.1, 0.15) is 6.54 Å². The van der Waals surface area contributed by atoms with Crippen LogP contribution in [0.2, 0.25) is 0 Å². The van der Waals surface area contributed by atoms with Gasteiger partial charge < -0.3 is 24.3 Å². The van der Waals surface area contributed by atoms with E-state index in [1.165, 1.54) is 24.4 Å². The molecule has 2 bridgehead atoms. The maximum atomic E-state index is 13.5. The van der Waals surface area contributed by atoms with E-state index in [1.54, 1.807) is 0 Å². The molecule has 1 aromatic rings. The SMILES string of the molecule is O=C(O[C@H]1C[N+]2(CCCN3CCC(O)CC3)CCC1CC2)[C@](O)(c1cccs1)C1CCCC1. The molecule has 0 spiro atoms. The van der Waals surface area contributed by atoms with Crippen LogP contribution < -0.4 is 0 Å². The number of hydrogen-bond acceptors (Lipinski definition) is 6. The quantitative estimate of drug-likeness (QED) is 0.445. The van der Waals surface area contributed by atoms with Crippen molar-refractivity contribution in [3.8, 4) is 0 Å². The van der Waals surface area contributed by atoms with Crippen molar-refractivity contribution in [2.24, 2.45) is 11.8 Å². The zero-order valence-electron chi connectivity index (χ0n) is 19.9. The number of quaternary nitrogens is 1. The van der Waals surface area contributed by atoms with E-state index in [-0.39, 0.29) is 18.1 Å². The molecule has 1 aromatic heterocycles. The third-order valence-electron chi connectivity index (χ3n) is 9.12. The lowest BCUT2D eigenvalue weighted by molar-refractivity contribution is -0.946. The van der Waals surface area contributed by atoms with Gasteiger partial charge in [0.25, 0.3) is 0 Å². The Bertz CT molecular complexity index is 780. The summed E-state index contributed by atoms with van der Waals surface area (Å²) in [6, 6.07) is 3.82. The van der Waals surface area contributed by atoms with Crippen LogP contribution >= 0.6 is 11.3 Å². The molecule has 0 amide bonds. The molecule has 184 valence electrons. The highest BCUT2D eigenvalue weighted by Gasteiger charge is 2.53. The van der Waals surface area contributed by atoms with Crippen LogP contribution in [0.3, 0.4) is 0 Å². The number of hydrogen-bond donors (Lipinski definition) is 2. The monoisotopic (exact) mass is 477 g/mol. The largest absolute Gasteiger partial charge is 0.454 e. The van der Waals surface area contributed by atoms with Gasteiger partial charge in [0.2, 0.25) is 0 Å². The van der Waals surface area contributed by atoms with Crippen molar-refractivity contribution in [2.75, 3.05) is 45.8 Å². The van der Waals surface area contributed by atoms with Crippen molar-refractivity contribution >= 4 is 17.3 Å². The van der Waals surface area contributed by atoms with Crippen LogP contribution in [-0.4, -0.2) is 83.6 Å². The molecule has 2 atom stereocenters. The molecule has 0 radical (unpaired) electrons. The number of rotatable bonds is 8. The highest BCUT2D eigenvalue weighted by Crippen LogP contribution is 2.44. The van der Waals surface area contributed by atoms with Crippen molar-refractivity contribution in [1.82, 2.24) is 4.90 Å². The number of ether oxygens (including phenoxy) is 1. The summed E-state index contributed by atoms with van der Waals surface area (Å²) in [5.41, 5.74) is -1.49. The molecule has 5 aliphatic rings. The molecule has 4 saturated heterocycles. The molecule has 5 heterocycles. The number of carbonyl (C=O) groups excluding carboxylic acids is 1. The topological polar surface area (TPSA) is 70.0 Å². The number of nitrogens with zero attached hydrogens (tertiary/aromatic N) is 2. The lowest BCUT2D eigenvalue weighted by atomic mass is 9.82. The van der Waals surface area contributed by atoms with Gasteiger partial charge in [-0.3, -0.25) is 0 Å². The second kappa shape index (κ2) is 9.94. The lowest BCUT2D eigenvalue weighted by Crippen LogP contribution is -2.65. The molecule has 1 saturated carbocycles. The Hall–Kier alpha value is -0.990. The summed E-state index contributed by atoms with van der Waals surface area (Å²) in [5.74, 6) is 0.00487. The molecule has 4 aliphatic heterocycles. The van der Waals surface area contributed by atoms with E-state index in [4.69, 9.17) is 4.74 Å². The van der Waals surface area contributed by atoms with Crippen LogP contribution in [0.15, 0.2) is 17.5 Å². The van der Waals surface area contributed by atoms with Gasteiger partial charge in [0.15, 0.2) is 11.7 Å². The lowest BCUT2D eigenvalue weighted by Gasteiger charge is -2.52. The zero-order chi connectivity index (χ0) is 22.9. The highest BCUT2D eigenvalue weighted by atomic mass is 32.1. The number of esters is 1. The first kappa shape index (κ1) is 23.7. The van der Waals surface area contributed by atoms with Gasteiger partial charge in [-0.15, -0.1) is 11.3 Å². The van der Waals surface area contributed by atoms with Gasteiger partial charge in [-0.05, 0) is 37.1 Å². The standard InChI is InChI=1S/C26H41N2O4S/c29-22-8-13-27(14-9-22)12-4-15-28-16-10-20(11-17-28)23(19-28)32-25(30)26(31,21-5-1-2-6-21)24-7-3-18-33-24/h3,7,18,20-23,29,31H,1-2,4-6,8-17,19H2/q+1/t20?,23-,26+,28?/m0/s1. The fraction of sp³-hybridized carbons (Fsp3) is 0.808. The highest BCUT2D eigenvalue weighted by molar-refractivity contribution is 7.10. The smallest absolute Gasteiger partial charge is 0.344 e. The van der Waals surface area contributed by atoms with Crippen molar-refractivity contribution in [1.29, 1.82) is 0 Å². The Labute approximate surface area is 202 Å². The van der Waals surface area contributed by atoms with Gasteiger partial charge in [-0.1, -0.05) is 18.9 Å². The molecule has 0 aromatic carbocycles. The number of likely N-dealkylation sites (tertiary alicyclic amines) is 1. The zero-order valence-corrected chi connectivity index (χ0v) is 20.7. The minimum atomic E-state index is -1.49. The van der Waals surface area contributed by atoms with Crippen LogP contribution in [0.1, 0.15) is 62.7 Å². The molecule has 1 aliphatic carbocycles. The van der Waals surface area contributed by atoms with Gasteiger partial charge >= 0.3 is 5.97 Å². The molecule has 6 nitrogen and oxygen atoms in total. The third kappa shape index (κ3) is 4.90. The van der Waals surface area contributed by atoms with E-state index in [0.717, 1.165) is 99.9 Å². The summed E-state index contributed by atoms with van der Waals surface area (Å²) in [6.45, 7) is 7.53. The first-order valence-corrected chi connectivity index (χ1v) is 14.1. The van der Waals surface area contributed by atoms with E-state index in [9.17, 15) is 15.0 Å². The second-order valence-corrected chi connectivity index (χ2v) is 12.1. The third-order valence-corrected chi connectivity index (χ3v) is 10.1. The maximum absolute atomic E-state index is 13.5. The fourth-order valence-electron chi connectivity index (χ4n) is 6.98. The minimum absolute atomic E-state index is 0.0315. The van der Waals surface area contributed by atoms with Crippen molar-refractivity contribution < 1.29 is 24.2 Å². The Morgan fingerprint density at radius 1 is 1.15 bits per heavy atom. The molecule has 7 heteroatoms. The average molecular weight is 478 g/mol. The van der Waals surface area contributed by atoms with E-state index in [0.29, 0.717) is 5.92 Å². The van der Waals surface area contributed by atoms with E-state index in [2.05, 4.69) is 4.90 Å². The van der Waals surface area contributed by atoms with E-state index in [1.807, 2.05) is 17.5 Å². The van der Waals surface area contributed by atoms with Crippen molar-refractivity contribution in [3.63, 3.8) is 0 Å². The Morgan fingerprint density at radius 2 is 1.88 bits per heavy atom. The Morgan fingerprint density at radius 3 is 2.55 bits per heavy atom. The van der Waals surface area contributed by atoms with Crippen LogP contribution in [-0.2, 0) is 15.1 Å². The number of carbonyl (C=O) groups is 1. The number of aliphatic hydroxyl groups is 2. The normalized spacial score (nSPS) is 33.3. The summed E-state index contributed by atoms with van der Waals surface area (Å²) in [4.78, 5) is 16.8. The summed E-state index contributed by atoms with van der Waals surface area (Å²) >= 11 is 1.47. The molecule has 33 heavy (non-hydrogen) atoms. The second-order valence-electron chi connectivity index (χ2n) is 11.1. The summed E-state index contributed by atoms with van der Waals surface area (Å²) < 4.78 is 7.28. The van der Waals surface area contributed by atoms with Crippen LogP contribution in [0.4, 0.5) is 0 Å². The molecule has 0 unspecified atom stereocenters. The molecule has 5 fully saturated rings. The predicted octanol–water partition coefficient (Wildman–Crippen LogP) is 3.12. The number of aliphatic hydroxyl groups excluding tert-OH is 1. The minimum Gasteiger partial charge on any atom is -0.454 e. The average Bonchev–Trinajstić information content (AvgIpc) is 3.56. The molecule has 6 rings (SSSR count). The van der Waals surface area contributed by atoms with Crippen molar-refractivity contribution in [3.05, 3.63) is 22.4 Å². The predicted molar refractivity (Wildman–Crippen MR) is 129 cm³/mol. The Balaban J connectivity index is 1.21. The summed E-state index contributed by atoms with van der Waals surface area (Å²) in [5, 5.41) is 23.4.